The second-order valence-electron chi connectivity index (χ2n) is 6.68. The molecule has 0 saturated heterocycles. The molecule has 0 bridgehead atoms. The van der Waals surface area contributed by atoms with Crippen LogP contribution in [0.25, 0.3) is 0 Å². The van der Waals surface area contributed by atoms with Gasteiger partial charge in [-0.3, -0.25) is 4.79 Å². The molecule has 0 heterocycles. The summed E-state index contributed by atoms with van der Waals surface area (Å²) >= 11 is 0. The number of hydrogen-bond acceptors (Lipinski definition) is 5. The number of alkyl carbamates (subject to hydrolysis) is 1. The Balaban J connectivity index is 1.85. The number of ether oxygens (including phenoxy) is 2. The number of nitrogens with one attached hydrogen (secondary N) is 2. The van der Waals surface area contributed by atoms with Crippen molar-refractivity contribution in [1.29, 1.82) is 0 Å². The molecular weight excluding hydrogens is 398 g/mol. The zero-order valence-corrected chi connectivity index (χ0v) is 16.5. The highest BCUT2D eigenvalue weighted by Gasteiger charge is 2.27. The molecule has 30 heavy (non-hydrogen) atoms. The molecule has 2 aromatic rings. The van der Waals surface area contributed by atoms with E-state index in [1.807, 2.05) is 11.4 Å². The molecule has 2 amide bonds. The van der Waals surface area contributed by atoms with Gasteiger partial charge in [-0.1, -0.05) is 50.2 Å². The summed E-state index contributed by atoms with van der Waals surface area (Å²) in [5.41, 5.74) is 0.134. The first-order valence-electron chi connectivity index (χ1n) is 9.15. The van der Waals surface area contributed by atoms with E-state index in [9.17, 15) is 23.2 Å². The largest absolute Gasteiger partial charge is 0.454 e. The molecule has 1 atom stereocenters. The minimum atomic E-state index is -1.08. The molecule has 0 fully saturated rings. The van der Waals surface area contributed by atoms with Gasteiger partial charge in [-0.15, -0.1) is 0 Å². The summed E-state index contributed by atoms with van der Waals surface area (Å²) in [6.45, 7) is 2.57. The molecule has 0 aliphatic carbocycles. The van der Waals surface area contributed by atoms with Crippen LogP contribution in [0.5, 0.6) is 0 Å². The van der Waals surface area contributed by atoms with Crippen molar-refractivity contribution in [1.82, 2.24) is 5.32 Å². The van der Waals surface area contributed by atoms with Crippen molar-refractivity contribution in [2.45, 2.75) is 26.5 Å². The number of para-hydroxylation sites is 1. The average Bonchev–Trinajstić information content (AvgIpc) is 2.72. The summed E-state index contributed by atoms with van der Waals surface area (Å²) in [4.78, 5) is 36.1. The fraction of sp³-hybridized carbons (Fsp3) is 0.286. The van der Waals surface area contributed by atoms with E-state index in [1.54, 1.807) is 38.1 Å². The second-order valence-corrected chi connectivity index (χ2v) is 6.68. The molecule has 7 nitrogen and oxygen atoms in total. The maximum absolute atomic E-state index is 13.6. The maximum Gasteiger partial charge on any atom is 0.408 e. The second kappa shape index (κ2) is 10.9. The van der Waals surface area contributed by atoms with Gasteiger partial charge in [0.15, 0.2) is 6.61 Å². The highest BCUT2D eigenvalue weighted by atomic mass is 19.1. The van der Waals surface area contributed by atoms with Gasteiger partial charge in [-0.25, -0.2) is 18.4 Å². The van der Waals surface area contributed by atoms with Crippen LogP contribution in [0.2, 0.25) is 0 Å². The lowest BCUT2D eigenvalue weighted by Gasteiger charge is -2.20. The summed E-state index contributed by atoms with van der Waals surface area (Å²) in [5, 5.41) is 4.39. The third-order valence-electron chi connectivity index (χ3n) is 3.98. The molecule has 0 aliphatic rings. The van der Waals surface area contributed by atoms with Crippen LogP contribution in [0.15, 0.2) is 48.5 Å². The smallest absolute Gasteiger partial charge is 0.408 e. The SMILES string of the molecule is CC(C)[C@H](NC(=O)OCc1ccccc1)C(=O)OCC(=O)Nc1c(F)cccc1F. The number of esters is 1. The van der Waals surface area contributed by atoms with E-state index in [4.69, 9.17) is 9.47 Å². The van der Waals surface area contributed by atoms with Crippen LogP contribution in [0.3, 0.4) is 0 Å². The van der Waals surface area contributed by atoms with Gasteiger partial charge in [0.25, 0.3) is 5.91 Å². The van der Waals surface area contributed by atoms with Gasteiger partial charge >= 0.3 is 12.1 Å². The molecule has 2 N–H and O–H groups in total. The Labute approximate surface area is 172 Å². The highest BCUT2D eigenvalue weighted by molar-refractivity contribution is 5.93. The molecule has 0 saturated carbocycles. The number of carbonyl (C=O) groups is 3. The third-order valence-corrected chi connectivity index (χ3v) is 3.98. The first-order valence-corrected chi connectivity index (χ1v) is 9.15. The van der Waals surface area contributed by atoms with Crippen molar-refractivity contribution in [2.75, 3.05) is 11.9 Å². The number of amides is 2. The van der Waals surface area contributed by atoms with E-state index < -0.39 is 47.9 Å². The number of halogens is 2. The van der Waals surface area contributed by atoms with E-state index >= 15 is 0 Å². The fourth-order valence-electron chi connectivity index (χ4n) is 2.41. The minimum Gasteiger partial charge on any atom is -0.454 e. The number of hydrogen-bond donors (Lipinski definition) is 2. The van der Waals surface area contributed by atoms with E-state index in [0.29, 0.717) is 0 Å². The van der Waals surface area contributed by atoms with Crippen molar-refractivity contribution in [2.24, 2.45) is 5.92 Å². The fourth-order valence-corrected chi connectivity index (χ4v) is 2.41. The lowest BCUT2D eigenvalue weighted by atomic mass is 10.1. The predicted octanol–water partition coefficient (Wildman–Crippen LogP) is 3.40. The molecule has 160 valence electrons. The minimum absolute atomic E-state index is 0.0170. The number of anilines is 1. The van der Waals surface area contributed by atoms with Crippen LogP contribution in [0.1, 0.15) is 19.4 Å². The van der Waals surface area contributed by atoms with Crippen molar-refractivity contribution in [3.63, 3.8) is 0 Å². The van der Waals surface area contributed by atoms with Crippen LogP contribution in [-0.2, 0) is 25.7 Å². The van der Waals surface area contributed by atoms with Crippen LogP contribution in [0.4, 0.5) is 19.3 Å². The van der Waals surface area contributed by atoms with Gasteiger partial charge in [-0.05, 0) is 23.6 Å². The molecule has 9 heteroatoms. The average molecular weight is 420 g/mol. The van der Waals surface area contributed by atoms with Crippen LogP contribution in [-0.4, -0.2) is 30.6 Å². The van der Waals surface area contributed by atoms with Gasteiger partial charge in [-0.2, -0.15) is 0 Å². The van der Waals surface area contributed by atoms with Gasteiger partial charge in [0.2, 0.25) is 0 Å². The standard InChI is InChI=1S/C21H22F2N2O5/c1-13(2)18(25-21(28)30-11-14-7-4-3-5-8-14)20(27)29-12-17(26)24-19-15(22)9-6-10-16(19)23/h3-10,13,18H,11-12H2,1-2H3,(H,24,26)(H,25,28)/t18-/m0/s1. The van der Waals surface area contributed by atoms with Gasteiger partial charge in [0.1, 0.15) is 30.0 Å². The van der Waals surface area contributed by atoms with E-state index in [1.165, 1.54) is 0 Å². The zero-order chi connectivity index (χ0) is 22.1. The molecule has 0 aliphatic heterocycles. The lowest BCUT2D eigenvalue weighted by molar-refractivity contribution is -0.150. The molecule has 0 unspecified atom stereocenters. The summed E-state index contributed by atoms with van der Waals surface area (Å²) in [6.07, 6.45) is -0.826. The van der Waals surface area contributed by atoms with Crippen LogP contribution < -0.4 is 10.6 Å². The van der Waals surface area contributed by atoms with Gasteiger partial charge in [0.05, 0.1) is 0 Å². The molecular formula is C21H22F2N2O5. The summed E-state index contributed by atoms with van der Waals surface area (Å²) in [6, 6.07) is 11.0. The maximum atomic E-state index is 13.6. The van der Waals surface area contributed by atoms with Crippen molar-refractivity contribution in [3.05, 3.63) is 65.7 Å². The Morgan fingerprint density at radius 2 is 1.57 bits per heavy atom. The third kappa shape index (κ3) is 6.84. The lowest BCUT2D eigenvalue weighted by Crippen LogP contribution is -2.46. The first-order chi connectivity index (χ1) is 14.3. The normalized spacial score (nSPS) is 11.5. The Hall–Kier alpha value is -3.49. The summed E-state index contributed by atoms with van der Waals surface area (Å²) in [7, 11) is 0. The first kappa shape index (κ1) is 22.8. The van der Waals surface area contributed by atoms with E-state index in [-0.39, 0.29) is 12.5 Å². The van der Waals surface area contributed by atoms with Gasteiger partial charge < -0.3 is 20.1 Å². The van der Waals surface area contributed by atoms with Gasteiger partial charge in [0, 0.05) is 0 Å². The number of benzene rings is 2. The molecule has 0 radical (unpaired) electrons. The number of carbonyl (C=O) groups excluding carboxylic acids is 3. The molecule has 2 aromatic carbocycles. The van der Waals surface area contributed by atoms with Crippen molar-refractivity contribution < 1.29 is 32.6 Å². The highest BCUT2D eigenvalue weighted by Crippen LogP contribution is 2.17. The van der Waals surface area contributed by atoms with Crippen molar-refractivity contribution in [3.8, 4) is 0 Å². The molecule has 0 aromatic heterocycles. The number of rotatable bonds is 8. The Kier molecular flexibility index (Phi) is 8.28. The summed E-state index contributed by atoms with van der Waals surface area (Å²) in [5.74, 6) is -4.10. The Bertz CT molecular complexity index is 870. The zero-order valence-electron chi connectivity index (χ0n) is 16.5. The van der Waals surface area contributed by atoms with Crippen LogP contribution in [0, 0.1) is 17.6 Å². The Morgan fingerprint density at radius 1 is 0.933 bits per heavy atom. The van der Waals surface area contributed by atoms with Crippen LogP contribution >= 0.6 is 0 Å². The predicted molar refractivity (Wildman–Crippen MR) is 104 cm³/mol. The topological polar surface area (TPSA) is 93.7 Å². The quantitative estimate of drug-likeness (QED) is 0.639. The van der Waals surface area contributed by atoms with Crippen molar-refractivity contribution >= 4 is 23.7 Å². The monoisotopic (exact) mass is 420 g/mol. The molecule has 2 rings (SSSR count). The van der Waals surface area contributed by atoms with E-state index in [2.05, 4.69) is 5.32 Å². The molecule has 0 spiro atoms. The Morgan fingerprint density at radius 3 is 2.17 bits per heavy atom. The van der Waals surface area contributed by atoms with E-state index in [0.717, 1.165) is 23.8 Å². The summed E-state index contributed by atoms with van der Waals surface area (Å²) < 4.78 is 37.1.